The molecule has 2 atom stereocenters. The van der Waals surface area contributed by atoms with Crippen molar-refractivity contribution < 1.29 is 9.53 Å². The molecule has 0 saturated carbocycles. The maximum absolute atomic E-state index is 12.0. The van der Waals surface area contributed by atoms with Crippen LogP contribution >= 0.6 is 35.4 Å². The minimum absolute atomic E-state index is 0.0971. The fourth-order valence-electron chi connectivity index (χ4n) is 4.64. The van der Waals surface area contributed by atoms with Crippen LogP contribution in [0.15, 0.2) is 79.1 Å². The number of ether oxygens (including phenoxy) is 1. The summed E-state index contributed by atoms with van der Waals surface area (Å²) in [5.41, 5.74) is 3.97. The van der Waals surface area contributed by atoms with Crippen LogP contribution in [0.1, 0.15) is 36.8 Å². The number of nitrogens with zero attached hydrogens (tertiary/aromatic N) is 3. The van der Waals surface area contributed by atoms with Gasteiger partial charge in [0.25, 0.3) is 0 Å². The minimum Gasteiger partial charge on any atom is -0.494 e. The van der Waals surface area contributed by atoms with Gasteiger partial charge in [-0.25, -0.2) is 0 Å². The van der Waals surface area contributed by atoms with Crippen molar-refractivity contribution in [2.75, 3.05) is 17.3 Å². The fraction of sp³-hybridized carbons (Fsp3) is 0.179. The summed E-state index contributed by atoms with van der Waals surface area (Å²) in [6.07, 6.45) is 4.09. The molecule has 1 amide bonds. The standard InChI is InChI=1S/C28H25Cl2N5O2S/c1-3-25(36)32-20-11-10-18(16-24(20)37-2)35-27(26(33-28(35)38)21-7-4-5-13-31-21)23-8-6-14-34(23)22-12-9-17(29)15-19(22)30/h4-16,26-27H,3H2,1-2H3,(H,32,36)(H,33,38)/t26-,27-/m1/s1. The van der Waals surface area contributed by atoms with Crippen molar-refractivity contribution in [1.29, 1.82) is 0 Å². The average molecular weight is 567 g/mol. The molecule has 194 valence electrons. The number of aromatic nitrogens is 2. The van der Waals surface area contributed by atoms with Crippen molar-refractivity contribution in [3.63, 3.8) is 0 Å². The van der Waals surface area contributed by atoms with Crippen molar-refractivity contribution >= 4 is 57.8 Å². The van der Waals surface area contributed by atoms with E-state index in [2.05, 4.69) is 15.6 Å². The van der Waals surface area contributed by atoms with Gasteiger partial charge in [0.1, 0.15) is 11.8 Å². The highest BCUT2D eigenvalue weighted by molar-refractivity contribution is 7.80. The highest BCUT2D eigenvalue weighted by Crippen LogP contribution is 2.44. The molecule has 1 fully saturated rings. The summed E-state index contributed by atoms with van der Waals surface area (Å²) in [5.74, 6) is 0.434. The molecule has 10 heteroatoms. The van der Waals surface area contributed by atoms with Gasteiger partial charge in [0.05, 0.1) is 35.2 Å². The molecule has 0 bridgehead atoms. The molecule has 0 radical (unpaired) electrons. The van der Waals surface area contributed by atoms with Gasteiger partial charge in [-0.3, -0.25) is 9.78 Å². The molecule has 5 rings (SSSR count). The van der Waals surface area contributed by atoms with Crippen LogP contribution < -0.4 is 20.3 Å². The number of carbonyl (C=O) groups excluding carboxylic acids is 1. The maximum Gasteiger partial charge on any atom is 0.224 e. The Hall–Kier alpha value is -3.59. The van der Waals surface area contributed by atoms with Crippen molar-refractivity contribution in [3.05, 3.63) is 101 Å². The average Bonchev–Trinajstić information content (AvgIpc) is 3.53. The number of methoxy groups -OCH3 is 1. The van der Waals surface area contributed by atoms with Crippen LogP contribution in [0.5, 0.6) is 5.75 Å². The van der Waals surface area contributed by atoms with E-state index in [1.807, 2.05) is 76.3 Å². The molecule has 4 aromatic rings. The van der Waals surface area contributed by atoms with E-state index >= 15 is 0 Å². The first-order valence-electron chi connectivity index (χ1n) is 12.0. The van der Waals surface area contributed by atoms with E-state index in [9.17, 15) is 4.79 Å². The Balaban J connectivity index is 1.64. The summed E-state index contributed by atoms with van der Waals surface area (Å²) >= 11 is 18.7. The first-order chi connectivity index (χ1) is 18.4. The number of hydrogen-bond acceptors (Lipinski definition) is 4. The third kappa shape index (κ3) is 4.95. The molecule has 1 saturated heterocycles. The first kappa shape index (κ1) is 26.0. The molecule has 0 aliphatic carbocycles. The van der Waals surface area contributed by atoms with Crippen molar-refractivity contribution in [1.82, 2.24) is 14.9 Å². The van der Waals surface area contributed by atoms with E-state index < -0.39 is 0 Å². The molecule has 0 unspecified atom stereocenters. The number of benzene rings is 2. The molecule has 1 aliphatic rings. The maximum atomic E-state index is 12.0. The lowest BCUT2D eigenvalue weighted by atomic mass is 10.0. The van der Waals surface area contributed by atoms with Gasteiger partial charge in [-0.1, -0.05) is 36.2 Å². The second-order valence-electron chi connectivity index (χ2n) is 8.68. The van der Waals surface area contributed by atoms with Gasteiger partial charge >= 0.3 is 0 Å². The molecule has 38 heavy (non-hydrogen) atoms. The predicted molar refractivity (Wildman–Crippen MR) is 156 cm³/mol. The zero-order valence-corrected chi connectivity index (χ0v) is 23.0. The van der Waals surface area contributed by atoms with E-state index in [1.54, 1.807) is 26.3 Å². The van der Waals surface area contributed by atoms with Gasteiger partial charge in [-0.05, 0) is 66.8 Å². The highest BCUT2D eigenvalue weighted by Gasteiger charge is 2.42. The third-order valence-corrected chi connectivity index (χ3v) is 7.26. The number of pyridine rings is 1. The normalized spacial score (nSPS) is 16.8. The topological polar surface area (TPSA) is 71.4 Å². The molecule has 2 aromatic heterocycles. The van der Waals surface area contributed by atoms with E-state index in [0.29, 0.717) is 33.0 Å². The molecular weight excluding hydrogens is 541 g/mol. The summed E-state index contributed by atoms with van der Waals surface area (Å²) < 4.78 is 7.67. The van der Waals surface area contributed by atoms with Gasteiger partial charge < -0.3 is 24.8 Å². The molecule has 2 aromatic carbocycles. The van der Waals surface area contributed by atoms with Gasteiger partial charge in [0.15, 0.2) is 5.11 Å². The summed E-state index contributed by atoms with van der Waals surface area (Å²) in [6.45, 7) is 1.80. The summed E-state index contributed by atoms with van der Waals surface area (Å²) in [5, 5.41) is 7.98. The lowest BCUT2D eigenvalue weighted by Crippen LogP contribution is -2.30. The highest BCUT2D eigenvalue weighted by atomic mass is 35.5. The van der Waals surface area contributed by atoms with E-state index in [-0.39, 0.29) is 18.0 Å². The zero-order chi connectivity index (χ0) is 26.8. The summed E-state index contributed by atoms with van der Waals surface area (Å²) in [4.78, 5) is 18.7. The number of hydrogen-bond donors (Lipinski definition) is 2. The molecule has 3 heterocycles. The van der Waals surface area contributed by atoms with Crippen LogP contribution in [0, 0.1) is 0 Å². The van der Waals surface area contributed by atoms with Gasteiger partial charge in [0, 0.05) is 41.3 Å². The number of amides is 1. The molecular formula is C28H25Cl2N5O2S. The van der Waals surface area contributed by atoms with Crippen LogP contribution in [0.4, 0.5) is 11.4 Å². The molecule has 2 N–H and O–H groups in total. The Morgan fingerprint density at radius 2 is 1.97 bits per heavy atom. The lowest BCUT2D eigenvalue weighted by molar-refractivity contribution is -0.115. The van der Waals surface area contributed by atoms with Crippen molar-refractivity contribution in [2.45, 2.75) is 25.4 Å². The lowest BCUT2D eigenvalue weighted by Gasteiger charge is -2.29. The van der Waals surface area contributed by atoms with Crippen LogP contribution in [0.3, 0.4) is 0 Å². The number of carbonyl (C=O) groups is 1. The fourth-order valence-corrected chi connectivity index (χ4v) is 5.48. The van der Waals surface area contributed by atoms with Crippen LogP contribution in [0.2, 0.25) is 10.0 Å². The Kier molecular flexibility index (Phi) is 7.56. The third-order valence-electron chi connectivity index (χ3n) is 6.41. The van der Waals surface area contributed by atoms with E-state index in [1.165, 1.54) is 0 Å². The van der Waals surface area contributed by atoms with Gasteiger partial charge in [0.2, 0.25) is 5.91 Å². The van der Waals surface area contributed by atoms with E-state index in [0.717, 1.165) is 22.8 Å². The quantitative estimate of drug-likeness (QED) is 0.242. The largest absolute Gasteiger partial charge is 0.494 e. The van der Waals surface area contributed by atoms with Gasteiger partial charge in [-0.2, -0.15) is 0 Å². The van der Waals surface area contributed by atoms with Crippen molar-refractivity contribution in [2.24, 2.45) is 0 Å². The zero-order valence-electron chi connectivity index (χ0n) is 20.7. The number of rotatable bonds is 7. The smallest absolute Gasteiger partial charge is 0.224 e. The number of nitrogens with one attached hydrogen (secondary N) is 2. The Morgan fingerprint density at radius 1 is 1.13 bits per heavy atom. The first-order valence-corrected chi connectivity index (χ1v) is 13.2. The van der Waals surface area contributed by atoms with Crippen LogP contribution in [-0.2, 0) is 4.79 Å². The number of anilines is 2. The second kappa shape index (κ2) is 11.0. The Morgan fingerprint density at radius 3 is 2.68 bits per heavy atom. The second-order valence-corrected chi connectivity index (χ2v) is 9.91. The van der Waals surface area contributed by atoms with E-state index in [4.69, 9.17) is 40.2 Å². The molecule has 1 aliphatic heterocycles. The molecule has 0 spiro atoms. The number of thiocarbonyl (C=S) groups is 1. The monoisotopic (exact) mass is 565 g/mol. The SMILES string of the molecule is CCC(=O)Nc1ccc(N2C(=S)N[C@H](c3ccccn3)[C@H]2c2cccn2-c2ccc(Cl)cc2Cl)cc1OC. The van der Waals surface area contributed by atoms with Crippen LogP contribution in [0.25, 0.3) is 5.69 Å². The Labute approximate surface area is 236 Å². The predicted octanol–water partition coefficient (Wildman–Crippen LogP) is 6.71. The number of halogens is 2. The molecule has 7 nitrogen and oxygen atoms in total. The van der Waals surface area contributed by atoms with Gasteiger partial charge in [-0.15, -0.1) is 0 Å². The summed E-state index contributed by atoms with van der Waals surface area (Å²) in [6, 6.07) is 20.3. The van der Waals surface area contributed by atoms with Crippen molar-refractivity contribution in [3.8, 4) is 11.4 Å². The minimum atomic E-state index is -0.292. The summed E-state index contributed by atoms with van der Waals surface area (Å²) in [7, 11) is 1.57. The Bertz CT molecular complexity index is 1490. The van der Waals surface area contributed by atoms with Crippen LogP contribution in [-0.4, -0.2) is 27.7 Å².